The lowest BCUT2D eigenvalue weighted by atomic mass is 9.83. The van der Waals surface area contributed by atoms with E-state index in [1.165, 1.54) is 23.6 Å². The number of carbonyl (C=O) groups is 3. The van der Waals surface area contributed by atoms with Gasteiger partial charge in [0.2, 0.25) is 5.91 Å². The van der Waals surface area contributed by atoms with Gasteiger partial charge in [0, 0.05) is 18.2 Å². The number of β-lactam (4-membered cyclic amide) rings is 1. The van der Waals surface area contributed by atoms with E-state index >= 15 is 0 Å². The summed E-state index contributed by atoms with van der Waals surface area (Å²) in [5, 5.41) is 9.27. The Morgan fingerprint density at radius 2 is 2.20 bits per heavy atom. The first-order valence-corrected chi connectivity index (χ1v) is 7.46. The lowest BCUT2D eigenvalue weighted by Crippen LogP contribution is -2.62. The van der Waals surface area contributed by atoms with Crippen molar-refractivity contribution in [2.75, 3.05) is 5.75 Å². The minimum atomic E-state index is -1.07. The fourth-order valence-corrected chi connectivity index (χ4v) is 3.81. The Balaban J connectivity index is 2.18. The molecular formula is C13H17NO5S. The third kappa shape index (κ3) is 2.30. The summed E-state index contributed by atoms with van der Waals surface area (Å²) in [4.78, 5) is 36.5. The topological polar surface area (TPSA) is 83.9 Å². The van der Waals surface area contributed by atoms with E-state index in [-0.39, 0.29) is 17.6 Å². The molecule has 0 unspecified atom stereocenters. The Bertz CT molecular complexity index is 501. The molecule has 1 amide bonds. The first-order valence-electron chi connectivity index (χ1n) is 6.48. The number of fused-ring (bicyclic) bond motifs is 1. The molecule has 2 aliphatic heterocycles. The van der Waals surface area contributed by atoms with E-state index in [0.717, 1.165) is 10.7 Å². The number of esters is 1. The maximum atomic E-state index is 12.2. The summed E-state index contributed by atoms with van der Waals surface area (Å²) in [7, 11) is 0. The monoisotopic (exact) mass is 299 g/mol. The lowest BCUT2D eigenvalue weighted by molar-refractivity contribution is -0.169. The second kappa shape index (κ2) is 5.47. The van der Waals surface area contributed by atoms with Gasteiger partial charge >= 0.3 is 11.9 Å². The van der Waals surface area contributed by atoms with Crippen molar-refractivity contribution in [3.63, 3.8) is 0 Å². The number of hydrogen-bond acceptors (Lipinski definition) is 5. The van der Waals surface area contributed by atoms with Gasteiger partial charge in [0.25, 0.3) is 0 Å². The van der Waals surface area contributed by atoms with Crippen molar-refractivity contribution in [3.05, 3.63) is 10.6 Å². The molecular weight excluding hydrogens is 282 g/mol. The Morgan fingerprint density at radius 3 is 2.70 bits per heavy atom. The van der Waals surface area contributed by atoms with Gasteiger partial charge in [0.05, 0.1) is 12.0 Å². The van der Waals surface area contributed by atoms with Crippen molar-refractivity contribution in [2.24, 2.45) is 5.92 Å². The fourth-order valence-electron chi connectivity index (χ4n) is 2.85. The number of nitrogens with zero attached hydrogens (tertiary/aromatic N) is 1. The van der Waals surface area contributed by atoms with E-state index < -0.39 is 24.0 Å². The van der Waals surface area contributed by atoms with Crippen LogP contribution in [0.15, 0.2) is 10.6 Å². The molecule has 0 aliphatic carbocycles. The zero-order valence-corrected chi connectivity index (χ0v) is 12.4. The Morgan fingerprint density at radius 1 is 1.55 bits per heavy atom. The van der Waals surface area contributed by atoms with Crippen LogP contribution in [0, 0.1) is 5.92 Å². The summed E-state index contributed by atoms with van der Waals surface area (Å²) >= 11 is 1.45. The van der Waals surface area contributed by atoms with E-state index in [1.807, 2.05) is 6.92 Å². The van der Waals surface area contributed by atoms with Crippen molar-refractivity contribution in [2.45, 2.75) is 39.3 Å². The number of carboxylic acid groups (broad SMARTS) is 1. The van der Waals surface area contributed by atoms with Crippen LogP contribution in [0.4, 0.5) is 0 Å². The van der Waals surface area contributed by atoms with Gasteiger partial charge in [-0.3, -0.25) is 9.59 Å². The Kier molecular flexibility index (Phi) is 4.08. The standard InChI is InChI=1S/C13H17NO5S/c1-4-20-9-5-8-10(6(2)19-7(3)15)12(16)14(8)11(9)13(17)18/h6,8,10H,4-5H2,1-3H3,(H,17,18)/t6-,8+,10+/m0/s1. The molecule has 1 fully saturated rings. The molecule has 0 radical (unpaired) electrons. The first kappa shape index (κ1) is 14.9. The molecule has 0 bridgehead atoms. The maximum absolute atomic E-state index is 12.2. The lowest BCUT2D eigenvalue weighted by Gasteiger charge is -2.45. The smallest absolute Gasteiger partial charge is 0.353 e. The zero-order valence-electron chi connectivity index (χ0n) is 11.6. The molecule has 3 atom stereocenters. The molecule has 1 N–H and O–H groups in total. The molecule has 20 heavy (non-hydrogen) atoms. The van der Waals surface area contributed by atoms with Crippen molar-refractivity contribution in [1.82, 2.24) is 4.90 Å². The second-order valence-electron chi connectivity index (χ2n) is 4.83. The normalized spacial score (nSPS) is 26.1. The van der Waals surface area contributed by atoms with Crippen LogP contribution in [0.1, 0.15) is 27.2 Å². The van der Waals surface area contributed by atoms with Gasteiger partial charge in [-0.2, -0.15) is 0 Å². The highest BCUT2D eigenvalue weighted by Crippen LogP contribution is 2.47. The zero-order chi connectivity index (χ0) is 15.0. The number of amides is 1. The summed E-state index contributed by atoms with van der Waals surface area (Å²) in [5.74, 6) is -1.46. The molecule has 1 saturated heterocycles. The van der Waals surface area contributed by atoms with Crippen LogP contribution < -0.4 is 0 Å². The number of hydrogen-bond donors (Lipinski definition) is 1. The van der Waals surface area contributed by atoms with E-state index in [9.17, 15) is 19.5 Å². The quantitative estimate of drug-likeness (QED) is 0.607. The molecule has 0 spiro atoms. The van der Waals surface area contributed by atoms with Crippen LogP contribution >= 0.6 is 11.8 Å². The van der Waals surface area contributed by atoms with Crippen molar-refractivity contribution >= 4 is 29.6 Å². The predicted molar refractivity (Wildman–Crippen MR) is 72.8 cm³/mol. The molecule has 0 aromatic heterocycles. The summed E-state index contributed by atoms with van der Waals surface area (Å²) < 4.78 is 5.06. The Labute approximate surface area is 121 Å². The van der Waals surface area contributed by atoms with Gasteiger partial charge in [-0.05, 0) is 12.7 Å². The summed E-state index contributed by atoms with van der Waals surface area (Å²) in [6.07, 6.45) is 0.00424. The molecule has 6 nitrogen and oxygen atoms in total. The minimum Gasteiger partial charge on any atom is -0.477 e. The number of carboxylic acids is 1. The van der Waals surface area contributed by atoms with Gasteiger partial charge in [-0.25, -0.2) is 4.79 Å². The van der Waals surface area contributed by atoms with Crippen LogP contribution in [0.2, 0.25) is 0 Å². The molecule has 0 aromatic rings. The maximum Gasteiger partial charge on any atom is 0.353 e. The fraction of sp³-hybridized carbons (Fsp3) is 0.615. The molecule has 2 aliphatic rings. The van der Waals surface area contributed by atoms with Crippen LogP contribution in [0.25, 0.3) is 0 Å². The highest BCUT2D eigenvalue weighted by molar-refractivity contribution is 8.03. The van der Waals surface area contributed by atoms with Crippen molar-refractivity contribution < 1.29 is 24.2 Å². The van der Waals surface area contributed by atoms with Crippen LogP contribution in [0.5, 0.6) is 0 Å². The highest BCUT2D eigenvalue weighted by atomic mass is 32.2. The van der Waals surface area contributed by atoms with Gasteiger partial charge in [-0.1, -0.05) is 6.92 Å². The van der Waals surface area contributed by atoms with Crippen LogP contribution in [-0.2, 0) is 19.1 Å². The van der Waals surface area contributed by atoms with Gasteiger partial charge < -0.3 is 14.7 Å². The number of aliphatic carboxylic acids is 1. The summed E-state index contributed by atoms with van der Waals surface area (Å²) in [6, 6.07) is -0.197. The molecule has 7 heteroatoms. The number of carbonyl (C=O) groups excluding carboxylic acids is 2. The minimum absolute atomic E-state index is 0.0955. The Hall–Kier alpha value is -1.50. The third-order valence-electron chi connectivity index (χ3n) is 3.55. The van der Waals surface area contributed by atoms with E-state index in [4.69, 9.17) is 4.74 Å². The summed E-state index contributed by atoms with van der Waals surface area (Å²) in [6.45, 7) is 4.91. The van der Waals surface area contributed by atoms with Gasteiger partial charge in [0.1, 0.15) is 11.8 Å². The average Bonchev–Trinajstić information content (AvgIpc) is 2.63. The van der Waals surface area contributed by atoms with Crippen molar-refractivity contribution in [3.8, 4) is 0 Å². The van der Waals surface area contributed by atoms with Gasteiger partial charge in [-0.15, -0.1) is 11.8 Å². The van der Waals surface area contributed by atoms with Gasteiger partial charge in [0.15, 0.2) is 0 Å². The molecule has 110 valence electrons. The summed E-state index contributed by atoms with van der Waals surface area (Å²) in [5.41, 5.74) is 0.0955. The number of rotatable bonds is 5. The SMILES string of the molecule is CCSC1=C(C(=O)O)N2C(=O)[C@H]([C@H](C)OC(C)=O)[C@H]2C1. The average molecular weight is 299 g/mol. The molecule has 2 heterocycles. The molecule has 2 rings (SSSR count). The third-order valence-corrected chi connectivity index (χ3v) is 4.54. The number of ether oxygens (including phenoxy) is 1. The highest BCUT2D eigenvalue weighted by Gasteiger charge is 2.57. The van der Waals surface area contributed by atoms with Crippen LogP contribution in [-0.4, -0.2) is 45.8 Å². The molecule has 0 aromatic carbocycles. The predicted octanol–water partition coefficient (Wildman–Crippen LogP) is 1.22. The van der Waals surface area contributed by atoms with E-state index in [2.05, 4.69) is 0 Å². The largest absolute Gasteiger partial charge is 0.477 e. The first-order chi connectivity index (χ1) is 9.38. The molecule has 0 saturated carbocycles. The van der Waals surface area contributed by atoms with Crippen LogP contribution in [0.3, 0.4) is 0 Å². The van der Waals surface area contributed by atoms with E-state index in [1.54, 1.807) is 6.92 Å². The van der Waals surface area contributed by atoms with E-state index in [0.29, 0.717) is 6.42 Å². The van der Waals surface area contributed by atoms with Crippen molar-refractivity contribution in [1.29, 1.82) is 0 Å². The number of thioether (sulfide) groups is 1. The second-order valence-corrected chi connectivity index (χ2v) is 6.19.